The Morgan fingerprint density at radius 1 is 1.31 bits per heavy atom. The van der Waals surface area contributed by atoms with E-state index in [9.17, 15) is 5.11 Å². The van der Waals surface area contributed by atoms with Crippen molar-refractivity contribution in [3.05, 3.63) is 17.5 Å². The van der Waals surface area contributed by atoms with Crippen LogP contribution in [0.4, 0.5) is 5.82 Å². The Morgan fingerprint density at radius 2 is 2.06 bits per heavy atom. The normalized spacial score (nSPS) is 25.4. The molecule has 1 aromatic heterocycles. The zero-order valence-corrected chi connectivity index (χ0v) is 9.82. The number of aliphatic hydroxyl groups is 1. The van der Waals surface area contributed by atoms with Crippen molar-refractivity contribution in [2.24, 2.45) is 5.92 Å². The number of aromatic nitrogens is 2. The molecule has 1 aromatic rings. The van der Waals surface area contributed by atoms with Crippen molar-refractivity contribution in [3.63, 3.8) is 0 Å². The van der Waals surface area contributed by atoms with E-state index in [0.29, 0.717) is 23.4 Å². The van der Waals surface area contributed by atoms with Gasteiger partial charge >= 0.3 is 0 Å². The molecule has 2 atom stereocenters. The molecule has 0 aliphatic heterocycles. The van der Waals surface area contributed by atoms with Crippen molar-refractivity contribution >= 4 is 17.4 Å². The average molecular weight is 242 g/mol. The van der Waals surface area contributed by atoms with Crippen LogP contribution >= 0.6 is 11.6 Å². The summed E-state index contributed by atoms with van der Waals surface area (Å²) in [6, 6.07) is 0. The molecule has 0 spiro atoms. The van der Waals surface area contributed by atoms with Crippen molar-refractivity contribution in [2.75, 3.05) is 11.9 Å². The van der Waals surface area contributed by atoms with Gasteiger partial charge in [-0.15, -0.1) is 0 Å². The van der Waals surface area contributed by atoms with Gasteiger partial charge in [0.25, 0.3) is 0 Å². The van der Waals surface area contributed by atoms with Gasteiger partial charge < -0.3 is 10.4 Å². The quantitative estimate of drug-likeness (QED) is 0.851. The molecule has 2 unspecified atom stereocenters. The van der Waals surface area contributed by atoms with Gasteiger partial charge in [-0.1, -0.05) is 24.4 Å². The molecule has 1 heterocycles. The molecule has 0 radical (unpaired) electrons. The number of nitrogens with zero attached hydrogens (tertiary/aromatic N) is 2. The van der Waals surface area contributed by atoms with Crippen molar-refractivity contribution in [1.82, 2.24) is 9.97 Å². The second kappa shape index (κ2) is 5.46. The maximum Gasteiger partial charge on any atom is 0.171 e. The molecule has 0 saturated heterocycles. The first kappa shape index (κ1) is 11.6. The fourth-order valence-corrected chi connectivity index (χ4v) is 2.27. The SMILES string of the molecule is OC1CCCCC1CNc1nccnc1Cl. The van der Waals surface area contributed by atoms with Crippen LogP contribution in [0.15, 0.2) is 12.4 Å². The smallest absolute Gasteiger partial charge is 0.171 e. The Balaban J connectivity index is 1.89. The minimum atomic E-state index is -0.198. The topological polar surface area (TPSA) is 58.0 Å². The van der Waals surface area contributed by atoms with Crippen LogP contribution in [0.5, 0.6) is 0 Å². The number of aliphatic hydroxyl groups excluding tert-OH is 1. The van der Waals surface area contributed by atoms with Gasteiger partial charge in [0.1, 0.15) is 0 Å². The van der Waals surface area contributed by atoms with Crippen LogP contribution in [-0.2, 0) is 0 Å². The second-order valence-corrected chi connectivity index (χ2v) is 4.55. The summed E-state index contributed by atoms with van der Waals surface area (Å²) >= 11 is 5.88. The fourth-order valence-electron chi connectivity index (χ4n) is 2.09. The molecular formula is C11H16ClN3O. The number of nitrogens with one attached hydrogen (secondary N) is 1. The lowest BCUT2D eigenvalue weighted by atomic mass is 9.86. The Hall–Kier alpha value is -0.870. The Morgan fingerprint density at radius 3 is 2.81 bits per heavy atom. The third-order valence-corrected chi connectivity index (χ3v) is 3.33. The standard InChI is InChI=1S/C11H16ClN3O/c12-10-11(14-6-5-13-10)15-7-8-3-1-2-4-9(8)16/h5-6,8-9,16H,1-4,7H2,(H,14,15). The summed E-state index contributed by atoms with van der Waals surface area (Å²) in [5.41, 5.74) is 0. The molecule has 16 heavy (non-hydrogen) atoms. The highest BCUT2D eigenvalue weighted by Gasteiger charge is 2.22. The van der Waals surface area contributed by atoms with E-state index in [0.717, 1.165) is 19.3 Å². The molecule has 1 fully saturated rings. The highest BCUT2D eigenvalue weighted by atomic mass is 35.5. The van der Waals surface area contributed by atoms with Crippen LogP contribution in [0.3, 0.4) is 0 Å². The lowest BCUT2D eigenvalue weighted by Gasteiger charge is -2.27. The molecule has 2 rings (SSSR count). The van der Waals surface area contributed by atoms with E-state index in [1.165, 1.54) is 6.42 Å². The van der Waals surface area contributed by atoms with Crippen molar-refractivity contribution in [2.45, 2.75) is 31.8 Å². The van der Waals surface area contributed by atoms with Gasteiger partial charge in [0.2, 0.25) is 0 Å². The van der Waals surface area contributed by atoms with Crippen LogP contribution in [-0.4, -0.2) is 27.7 Å². The second-order valence-electron chi connectivity index (χ2n) is 4.19. The van der Waals surface area contributed by atoms with Gasteiger partial charge in [0.05, 0.1) is 6.10 Å². The first-order valence-corrected chi connectivity index (χ1v) is 6.03. The lowest BCUT2D eigenvalue weighted by Crippen LogP contribution is -2.30. The zero-order chi connectivity index (χ0) is 11.4. The average Bonchev–Trinajstić information content (AvgIpc) is 2.30. The fraction of sp³-hybridized carbons (Fsp3) is 0.636. The first-order chi connectivity index (χ1) is 7.77. The summed E-state index contributed by atoms with van der Waals surface area (Å²) in [6.07, 6.45) is 7.25. The van der Waals surface area contributed by atoms with E-state index in [4.69, 9.17) is 11.6 Å². The minimum absolute atomic E-state index is 0.198. The van der Waals surface area contributed by atoms with Crippen molar-refractivity contribution in [1.29, 1.82) is 0 Å². The Kier molecular flexibility index (Phi) is 3.96. The molecule has 2 N–H and O–H groups in total. The molecule has 1 saturated carbocycles. The maximum absolute atomic E-state index is 9.81. The van der Waals surface area contributed by atoms with E-state index < -0.39 is 0 Å². The van der Waals surface area contributed by atoms with E-state index in [1.807, 2.05) is 0 Å². The van der Waals surface area contributed by atoms with Crippen LogP contribution in [0.2, 0.25) is 5.15 Å². The van der Waals surface area contributed by atoms with E-state index >= 15 is 0 Å². The summed E-state index contributed by atoms with van der Waals surface area (Å²) in [7, 11) is 0. The molecule has 0 amide bonds. The molecule has 1 aliphatic carbocycles. The van der Waals surface area contributed by atoms with Crippen molar-refractivity contribution in [3.8, 4) is 0 Å². The zero-order valence-electron chi connectivity index (χ0n) is 9.06. The Labute approximate surface area is 100 Å². The van der Waals surface area contributed by atoms with Gasteiger partial charge in [-0.05, 0) is 12.8 Å². The molecule has 0 aromatic carbocycles. The van der Waals surface area contributed by atoms with Crippen LogP contribution in [0.25, 0.3) is 0 Å². The minimum Gasteiger partial charge on any atom is -0.393 e. The van der Waals surface area contributed by atoms with Crippen LogP contribution in [0.1, 0.15) is 25.7 Å². The predicted molar refractivity (Wildman–Crippen MR) is 63.5 cm³/mol. The summed E-state index contributed by atoms with van der Waals surface area (Å²) in [5.74, 6) is 0.897. The summed E-state index contributed by atoms with van der Waals surface area (Å²) in [4.78, 5) is 8.04. The molecule has 5 heteroatoms. The molecule has 4 nitrogen and oxygen atoms in total. The number of hydrogen-bond donors (Lipinski definition) is 2. The Bertz CT molecular complexity index is 348. The predicted octanol–water partition coefficient (Wildman–Crippen LogP) is 2.09. The van der Waals surface area contributed by atoms with Crippen LogP contribution < -0.4 is 5.32 Å². The number of rotatable bonds is 3. The largest absolute Gasteiger partial charge is 0.393 e. The van der Waals surface area contributed by atoms with Crippen molar-refractivity contribution < 1.29 is 5.11 Å². The summed E-state index contributed by atoms with van der Waals surface area (Å²) < 4.78 is 0. The number of halogens is 1. The summed E-state index contributed by atoms with van der Waals surface area (Å²) in [6.45, 7) is 0.708. The number of anilines is 1. The van der Waals surface area contributed by atoms with E-state index in [1.54, 1.807) is 12.4 Å². The van der Waals surface area contributed by atoms with Gasteiger partial charge in [0.15, 0.2) is 11.0 Å². The van der Waals surface area contributed by atoms with Gasteiger partial charge in [0, 0.05) is 24.9 Å². The highest BCUT2D eigenvalue weighted by molar-refractivity contribution is 6.31. The maximum atomic E-state index is 9.81. The monoisotopic (exact) mass is 241 g/mol. The number of hydrogen-bond acceptors (Lipinski definition) is 4. The lowest BCUT2D eigenvalue weighted by molar-refractivity contribution is 0.0763. The third-order valence-electron chi connectivity index (χ3n) is 3.05. The van der Waals surface area contributed by atoms with Gasteiger partial charge in [-0.3, -0.25) is 0 Å². The van der Waals surface area contributed by atoms with E-state index in [2.05, 4.69) is 15.3 Å². The highest BCUT2D eigenvalue weighted by Crippen LogP contribution is 2.25. The first-order valence-electron chi connectivity index (χ1n) is 5.66. The van der Waals surface area contributed by atoms with Gasteiger partial charge in [-0.25, -0.2) is 9.97 Å². The molecule has 88 valence electrons. The van der Waals surface area contributed by atoms with Gasteiger partial charge in [-0.2, -0.15) is 0 Å². The third kappa shape index (κ3) is 2.83. The van der Waals surface area contributed by atoms with Crippen LogP contribution in [0, 0.1) is 5.92 Å². The molecule has 1 aliphatic rings. The summed E-state index contributed by atoms with van der Waals surface area (Å²) in [5, 5.41) is 13.3. The molecule has 0 bridgehead atoms. The van der Waals surface area contributed by atoms with E-state index in [-0.39, 0.29) is 6.10 Å². The molecular weight excluding hydrogens is 226 g/mol.